The third-order valence-corrected chi connectivity index (χ3v) is 5.18. The molecule has 1 atom stereocenters. The van der Waals surface area contributed by atoms with Gasteiger partial charge in [0.15, 0.2) is 0 Å². The van der Waals surface area contributed by atoms with Crippen molar-refractivity contribution in [3.63, 3.8) is 0 Å². The SMILES string of the molecule is CC(CCl)CS(=O)(=O)NCC(C)(C)c1ccccc1. The van der Waals surface area contributed by atoms with E-state index in [9.17, 15) is 8.42 Å². The average molecular weight is 304 g/mol. The zero-order valence-electron chi connectivity index (χ0n) is 11.7. The van der Waals surface area contributed by atoms with Crippen LogP contribution in [0.3, 0.4) is 0 Å². The number of rotatable bonds is 7. The molecular formula is C14H22ClNO2S. The molecule has 0 spiro atoms. The van der Waals surface area contributed by atoms with E-state index < -0.39 is 10.0 Å². The third kappa shape index (κ3) is 5.51. The monoisotopic (exact) mass is 303 g/mol. The maximum absolute atomic E-state index is 11.9. The van der Waals surface area contributed by atoms with E-state index in [-0.39, 0.29) is 17.1 Å². The Balaban J connectivity index is 2.66. The van der Waals surface area contributed by atoms with Gasteiger partial charge in [0.1, 0.15) is 0 Å². The van der Waals surface area contributed by atoms with Crippen LogP contribution in [-0.2, 0) is 15.4 Å². The minimum atomic E-state index is -3.27. The van der Waals surface area contributed by atoms with Crippen molar-refractivity contribution in [2.75, 3.05) is 18.2 Å². The molecule has 0 amide bonds. The number of alkyl halides is 1. The van der Waals surface area contributed by atoms with E-state index >= 15 is 0 Å². The molecule has 0 aliphatic rings. The van der Waals surface area contributed by atoms with E-state index in [1.165, 1.54) is 0 Å². The predicted molar refractivity (Wildman–Crippen MR) is 81.1 cm³/mol. The first-order chi connectivity index (χ1) is 8.77. The van der Waals surface area contributed by atoms with Crippen molar-refractivity contribution in [2.45, 2.75) is 26.2 Å². The number of hydrogen-bond acceptors (Lipinski definition) is 2. The Labute approximate surface area is 121 Å². The second kappa shape index (κ2) is 6.73. The van der Waals surface area contributed by atoms with Gasteiger partial charge in [-0.15, -0.1) is 11.6 Å². The quantitative estimate of drug-likeness (QED) is 0.787. The van der Waals surface area contributed by atoms with Crippen LogP contribution in [0.5, 0.6) is 0 Å². The lowest BCUT2D eigenvalue weighted by atomic mass is 9.85. The first-order valence-electron chi connectivity index (χ1n) is 6.36. The molecule has 1 unspecified atom stereocenters. The van der Waals surface area contributed by atoms with Crippen LogP contribution < -0.4 is 4.72 Å². The number of benzene rings is 1. The van der Waals surface area contributed by atoms with Crippen molar-refractivity contribution < 1.29 is 8.42 Å². The summed E-state index contributed by atoms with van der Waals surface area (Å²) in [5.41, 5.74) is 0.876. The Morgan fingerprint density at radius 1 is 1.26 bits per heavy atom. The fourth-order valence-corrected chi connectivity index (χ4v) is 3.56. The highest BCUT2D eigenvalue weighted by molar-refractivity contribution is 7.89. The van der Waals surface area contributed by atoms with E-state index in [1.54, 1.807) is 0 Å². The summed E-state index contributed by atoms with van der Waals surface area (Å²) in [6, 6.07) is 9.89. The van der Waals surface area contributed by atoms with Crippen molar-refractivity contribution in [1.29, 1.82) is 0 Å². The molecule has 19 heavy (non-hydrogen) atoms. The van der Waals surface area contributed by atoms with E-state index in [0.717, 1.165) is 5.56 Å². The number of nitrogens with one attached hydrogen (secondary N) is 1. The minimum absolute atomic E-state index is 0.0426. The van der Waals surface area contributed by atoms with Crippen LogP contribution in [0.2, 0.25) is 0 Å². The summed E-state index contributed by atoms with van der Waals surface area (Å²) in [5.74, 6) is 0.378. The maximum Gasteiger partial charge on any atom is 0.211 e. The zero-order valence-corrected chi connectivity index (χ0v) is 13.3. The Morgan fingerprint density at radius 3 is 2.37 bits per heavy atom. The molecule has 1 N–H and O–H groups in total. The van der Waals surface area contributed by atoms with Crippen molar-refractivity contribution in [1.82, 2.24) is 4.72 Å². The highest BCUT2D eigenvalue weighted by Gasteiger charge is 2.23. The van der Waals surface area contributed by atoms with Crippen molar-refractivity contribution >= 4 is 21.6 Å². The van der Waals surface area contributed by atoms with E-state index in [0.29, 0.717) is 12.4 Å². The summed E-state index contributed by atoms with van der Waals surface area (Å²) in [5, 5.41) is 0. The molecule has 0 saturated heterocycles. The molecule has 0 radical (unpaired) electrons. The lowest BCUT2D eigenvalue weighted by Crippen LogP contribution is -2.38. The Morgan fingerprint density at radius 2 is 1.84 bits per heavy atom. The average Bonchev–Trinajstić information content (AvgIpc) is 2.37. The Bertz CT molecular complexity index is 485. The predicted octanol–water partition coefficient (Wildman–Crippen LogP) is 2.76. The summed E-state index contributed by atoms with van der Waals surface area (Å²) < 4.78 is 26.5. The highest BCUT2D eigenvalue weighted by atomic mass is 35.5. The molecule has 1 aromatic carbocycles. The molecule has 0 bridgehead atoms. The smallest absolute Gasteiger partial charge is 0.211 e. The zero-order chi connectivity index (χ0) is 14.5. The van der Waals surface area contributed by atoms with Gasteiger partial charge in [0.05, 0.1) is 5.75 Å². The maximum atomic E-state index is 11.9. The second-order valence-electron chi connectivity index (χ2n) is 5.61. The largest absolute Gasteiger partial charge is 0.214 e. The van der Waals surface area contributed by atoms with Crippen LogP contribution in [-0.4, -0.2) is 26.6 Å². The number of halogens is 1. The molecular weight excluding hydrogens is 282 g/mol. The van der Waals surface area contributed by atoms with E-state index in [1.807, 2.05) is 51.1 Å². The number of hydrogen-bond donors (Lipinski definition) is 1. The molecule has 0 aromatic heterocycles. The number of sulfonamides is 1. The van der Waals surface area contributed by atoms with Gasteiger partial charge in [-0.1, -0.05) is 51.1 Å². The van der Waals surface area contributed by atoms with Crippen LogP contribution in [0.4, 0.5) is 0 Å². The lowest BCUT2D eigenvalue weighted by molar-refractivity contribution is 0.498. The van der Waals surface area contributed by atoms with Crippen molar-refractivity contribution in [3.05, 3.63) is 35.9 Å². The summed E-state index contributed by atoms with van der Waals surface area (Å²) in [7, 11) is -3.27. The molecule has 0 fully saturated rings. The first kappa shape index (κ1) is 16.5. The second-order valence-corrected chi connectivity index (χ2v) is 7.77. The Hall–Kier alpha value is -0.580. The molecule has 108 valence electrons. The molecule has 1 aromatic rings. The summed E-state index contributed by atoms with van der Waals surface area (Å²) >= 11 is 5.65. The van der Waals surface area contributed by atoms with Gasteiger partial charge in [-0.3, -0.25) is 0 Å². The fourth-order valence-electron chi connectivity index (χ4n) is 1.76. The fraction of sp³-hybridized carbons (Fsp3) is 0.571. The van der Waals surface area contributed by atoms with Gasteiger partial charge in [0, 0.05) is 17.8 Å². The van der Waals surface area contributed by atoms with Crippen LogP contribution in [0, 0.1) is 5.92 Å². The van der Waals surface area contributed by atoms with E-state index in [4.69, 9.17) is 11.6 Å². The molecule has 5 heteroatoms. The highest BCUT2D eigenvalue weighted by Crippen LogP contribution is 2.22. The van der Waals surface area contributed by atoms with E-state index in [2.05, 4.69) is 4.72 Å². The summed E-state index contributed by atoms with van der Waals surface area (Å²) in [6.07, 6.45) is 0. The van der Waals surface area contributed by atoms with Gasteiger partial charge in [0.2, 0.25) is 10.0 Å². The van der Waals surface area contributed by atoms with Gasteiger partial charge < -0.3 is 0 Å². The molecule has 0 aliphatic heterocycles. The topological polar surface area (TPSA) is 46.2 Å². The summed E-state index contributed by atoms with van der Waals surface area (Å²) in [4.78, 5) is 0. The van der Waals surface area contributed by atoms with Crippen LogP contribution in [0.25, 0.3) is 0 Å². The Kier molecular flexibility index (Phi) is 5.83. The lowest BCUT2D eigenvalue weighted by Gasteiger charge is -2.25. The van der Waals surface area contributed by atoms with Crippen molar-refractivity contribution in [2.24, 2.45) is 5.92 Å². The molecule has 1 rings (SSSR count). The molecule has 0 aliphatic carbocycles. The van der Waals surface area contributed by atoms with Gasteiger partial charge >= 0.3 is 0 Å². The van der Waals surface area contributed by atoms with Gasteiger partial charge in [-0.25, -0.2) is 13.1 Å². The van der Waals surface area contributed by atoms with Gasteiger partial charge in [-0.2, -0.15) is 0 Å². The van der Waals surface area contributed by atoms with Gasteiger partial charge in [0.25, 0.3) is 0 Å². The van der Waals surface area contributed by atoms with Crippen LogP contribution in [0.15, 0.2) is 30.3 Å². The molecule has 0 heterocycles. The third-order valence-electron chi connectivity index (χ3n) is 3.06. The molecule has 3 nitrogen and oxygen atoms in total. The summed E-state index contributed by atoms with van der Waals surface area (Å²) in [6.45, 7) is 6.26. The minimum Gasteiger partial charge on any atom is -0.214 e. The standard InChI is InChI=1S/C14H22ClNO2S/c1-12(9-15)10-19(17,18)16-11-14(2,3)13-7-5-4-6-8-13/h4-8,12,16H,9-11H2,1-3H3. The first-order valence-corrected chi connectivity index (χ1v) is 8.54. The van der Waals surface area contributed by atoms with Crippen LogP contribution in [0.1, 0.15) is 26.3 Å². The molecule has 0 saturated carbocycles. The van der Waals surface area contributed by atoms with Crippen molar-refractivity contribution in [3.8, 4) is 0 Å². The van der Waals surface area contributed by atoms with Gasteiger partial charge in [-0.05, 0) is 11.5 Å². The van der Waals surface area contributed by atoms with Crippen LogP contribution >= 0.6 is 11.6 Å². The normalized spacial score (nSPS) is 14.3.